The molecule has 100 valence electrons. The molecule has 0 aliphatic rings. The molecule has 0 aliphatic heterocycles. The molecule has 0 saturated carbocycles. The van der Waals surface area contributed by atoms with Crippen molar-refractivity contribution in [2.24, 2.45) is 11.3 Å². The van der Waals surface area contributed by atoms with Crippen molar-refractivity contribution in [2.75, 3.05) is 0 Å². The Morgan fingerprint density at radius 2 is 1.74 bits per heavy atom. The van der Waals surface area contributed by atoms with Crippen LogP contribution in [0.4, 0.5) is 0 Å². The Bertz CT molecular complexity index is 593. The second-order valence-electron chi connectivity index (χ2n) is 6.14. The molecule has 2 rings (SSSR count). The van der Waals surface area contributed by atoms with Crippen LogP contribution in [-0.4, -0.2) is 11.1 Å². The zero-order chi connectivity index (χ0) is 14.0. The van der Waals surface area contributed by atoms with Gasteiger partial charge >= 0.3 is 5.97 Å². The van der Waals surface area contributed by atoms with Crippen LogP contribution in [0.1, 0.15) is 26.3 Å². The van der Waals surface area contributed by atoms with Crippen LogP contribution >= 0.6 is 0 Å². The summed E-state index contributed by atoms with van der Waals surface area (Å²) in [7, 11) is 0. The quantitative estimate of drug-likeness (QED) is 0.896. The maximum atomic E-state index is 11.4. The molecule has 1 N–H and O–H groups in total. The zero-order valence-electron chi connectivity index (χ0n) is 11.7. The number of hydrogen-bond donors (Lipinski definition) is 1. The molecule has 1 unspecified atom stereocenters. The van der Waals surface area contributed by atoms with Gasteiger partial charge in [-0.15, -0.1) is 0 Å². The third-order valence-electron chi connectivity index (χ3n) is 3.60. The topological polar surface area (TPSA) is 37.3 Å². The standard InChI is InChI=1S/C17H20O2/c1-17(2,3)15(16(18)19)11-12-8-9-13-6-4-5-7-14(13)10-12/h4-10,15H,11H2,1-3H3,(H,18,19). The number of carboxylic acids is 1. The van der Waals surface area contributed by atoms with Gasteiger partial charge in [-0.2, -0.15) is 0 Å². The summed E-state index contributed by atoms with van der Waals surface area (Å²) in [5, 5.41) is 11.7. The molecule has 2 nitrogen and oxygen atoms in total. The number of benzene rings is 2. The summed E-state index contributed by atoms with van der Waals surface area (Å²) in [4.78, 5) is 11.4. The van der Waals surface area contributed by atoms with Crippen LogP contribution in [0.3, 0.4) is 0 Å². The van der Waals surface area contributed by atoms with E-state index in [0.29, 0.717) is 6.42 Å². The van der Waals surface area contributed by atoms with Crippen LogP contribution in [-0.2, 0) is 11.2 Å². The minimum absolute atomic E-state index is 0.239. The molecule has 1 atom stereocenters. The third-order valence-corrected chi connectivity index (χ3v) is 3.60. The highest BCUT2D eigenvalue weighted by Crippen LogP contribution is 2.30. The van der Waals surface area contributed by atoms with Crippen LogP contribution in [0.15, 0.2) is 42.5 Å². The van der Waals surface area contributed by atoms with E-state index < -0.39 is 5.97 Å². The summed E-state index contributed by atoms with van der Waals surface area (Å²) in [5.41, 5.74) is 0.846. The fraction of sp³-hybridized carbons (Fsp3) is 0.353. The van der Waals surface area contributed by atoms with E-state index in [1.54, 1.807) is 0 Å². The van der Waals surface area contributed by atoms with Gasteiger partial charge in [0.1, 0.15) is 0 Å². The molecule has 2 aromatic carbocycles. The second kappa shape index (κ2) is 5.04. The fourth-order valence-electron chi connectivity index (χ4n) is 2.37. The number of rotatable bonds is 3. The Morgan fingerprint density at radius 3 is 2.32 bits per heavy atom. The van der Waals surface area contributed by atoms with Crippen molar-refractivity contribution in [3.05, 3.63) is 48.0 Å². The van der Waals surface area contributed by atoms with Crippen LogP contribution in [0.2, 0.25) is 0 Å². The van der Waals surface area contributed by atoms with E-state index in [-0.39, 0.29) is 11.3 Å². The molecule has 0 radical (unpaired) electrons. The Kier molecular flexibility index (Phi) is 3.61. The van der Waals surface area contributed by atoms with Crippen LogP contribution < -0.4 is 0 Å². The Balaban J connectivity index is 2.32. The van der Waals surface area contributed by atoms with Gasteiger partial charge in [0.15, 0.2) is 0 Å². The normalized spacial score (nSPS) is 13.4. The summed E-state index contributed by atoms with van der Waals surface area (Å²) in [5.74, 6) is -1.09. The van der Waals surface area contributed by atoms with E-state index in [1.165, 1.54) is 5.39 Å². The van der Waals surface area contributed by atoms with Crippen molar-refractivity contribution in [1.29, 1.82) is 0 Å². The molecule has 0 amide bonds. The summed E-state index contributed by atoms with van der Waals surface area (Å²) >= 11 is 0. The highest BCUT2D eigenvalue weighted by atomic mass is 16.4. The lowest BCUT2D eigenvalue weighted by atomic mass is 9.77. The average Bonchev–Trinajstić information content (AvgIpc) is 2.34. The molecule has 0 aliphatic carbocycles. The maximum Gasteiger partial charge on any atom is 0.307 e. The number of carboxylic acid groups (broad SMARTS) is 1. The van der Waals surface area contributed by atoms with Gasteiger partial charge in [0, 0.05) is 0 Å². The number of fused-ring (bicyclic) bond motifs is 1. The summed E-state index contributed by atoms with van der Waals surface area (Å²) in [6.07, 6.45) is 0.573. The minimum atomic E-state index is -0.722. The maximum absolute atomic E-state index is 11.4. The van der Waals surface area contributed by atoms with E-state index in [0.717, 1.165) is 10.9 Å². The SMILES string of the molecule is CC(C)(C)C(Cc1ccc2ccccc2c1)C(=O)O. The molecule has 0 saturated heterocycles. The van der Waals surface area contributed by atoms with E-state index in [4.69, 9.17) is 0 Å². The first-order valence-corrected chi connectivity index (χ1v) is 6.58. The van der Waals surface area contributed by atoms with Gasteiger partial charge in [0.2, 0.25) is 0 Å². The molecule has 0 spiro atoms. The molecule has 0 bridgehead atoms. The molecule has 0 heterocycles. The monoisotopic (exact) mass is 256 g/mol. The lowest BCUT2D eigenvalue weighted by Crippen LogP contribution is -2.30. The highest BCUT2D eigenvalue weighted by Gasteiger charge is 2.31. The molecular weight excluding hydrogens is 236 g/mol. The van der Waals surface area contributed by atoms with Crippen LogP contribution in [0.25, 0.3) is 10.8 Å². The van der Waals surface area contributed by atoms with Crippen molar-refractivity contribution in [2.45, 2.75) is 27.2 Å². The molecular formula is C17H20O2. The van der Waals surface area contributed by atoms with Gasteiger partial charge in [0.25, 0.3) is 0 Å². The van der Waals surface area contributed by atoms with E-state index in [1.807, 2.05) is 39.0 Å². The van der Waals surface area contributed by atoms with E-state index in [9.17, 15) is 9.90 Å². The Morgan fingerprint density at radius 1 is 1.11 bits per heavy atom. The minimum Gasteiger partial charge on any atom is -0.481 e. The largest absolute Gasteiger partial charge is 0.481 e. The van der Waals surface area contributed by atoms with E-state index >= 15 is 0 Å². The first-order chi connectivity index (χ1) is 8.88. The first kappa shape index (κ1) is 13.6. The number of hydrogen-bond acceptors (Lipinski definition) is 1. The van der Waals surface area contributed by atoms with Gasteiger partial charge in [-0.05, 0) is 28.2 Å². The molecule has 2 heteroatoms. The molecule has 0 fully saturated rings. The lowest BCUT2D eigenvalue weighted by Gasteiger charge is -2.27. The average molecular weight is 256 g/mol. The Hall–Kier alpha value is -1.83. The van der Waals surface area contributed by atoms with Crippen molar-refractivity contribution in [3.8, 4) is 0 Å². The summed E-state index contributed by atoms with van der Waals surface area (Å²) in [6.45, 7) is 5.94. The highest BCUT2D eigenvalue weighted by molar-refractivity contribution is 5.83. The van der Waals surface area contributed by atoms with E-state index in [2.05, 4.69) is 24.3 Å². The zero-order valence-corrected chi connectivity index (χ0v) is 11.7. The fourth-order valence-corrected chi connectivity index (χ4v) is 2.37. The molecule has 2 aromatic rings. The van der Waals surface area contributed by atoms with Gasteiger partial charge in [0.05, 0.1) is 5.92 Å². The molecule has 19 heavy (non-hydrogen) atoms. The predicted molar refractivity (Wildman–Crippen MR) is 78.2 cm³/mol. The summed E-state index contributed by atoms with van der Waals surface area (Å²) < 4.78 is 0. The number of carbonyl (C=O) groups is 1. The predicted octanol–water partition coefficient (Wildman–Crippen LogP) is 4.13. The van der Waals surface area contributed by atoms with Gasteiger partial charge in [-0.1, -0.05) is 63.2 Å². The smallest absolute Gasteiger partial charge is 0.307 e. The van der Waals surface area contributed by atoms with Crippen molar-refractivity contribution in [1.82, 2.24) is 0 Å². The summed E-state index contributed by atoms with van der Waals surface area (Å²) in [6, 6.07) is 14.3. The van der Waals surface area contributed by atoms with Gasteiger partial charge in [-0.25, -0.2) is 0 Å². The van der Waals surface area contributed by atoms with Crippen molar-refractivity contribution < 1.29 is 9.90 Å². The van der Waals surface area contributed by atoms with Gasteiger partial charge < -0.3 is 5.11 Å². The first-order valence-electron chi connectivity index (χ1n) is 6.58. The van der Waals surface area contributed by atoms with Crippen molar-refractivity contribution >= 4 is 16.7 Å². The van der Waals surface area contributed by atoms with Gasteiger partial charge in [-0.3, -0.25) is 4.79 Å². The van der Waals surface area contributed by atoms with Crippen LogP contribution in [0, 0.1) is 11.3 Å². The van der Waals surface area contributed by atoms with Crippen molar-refractivity contribution in [3.63, 3.8) is 0 Å². The Labute approximate surface area is 114 Å². The molecule has 0 aromatic heterocycles. The lowest BCUT2D eigenvalue weighted by molar-refractivity contribution is -0.145. The second-order valence-corrected chi connectivity index (χ2v) is 6.14. The number of aliphatic carboxylic acids is 1. The third kappa shape index (κ3) is 3.14. The van der Waals surface area contributed by atoms with Crippen LogP contribution in [0.5, 0.6) is 0 Å².